The maximum atomic E-state index is 12.4. The van der Waals surface area contributed by atoms with Gasteiger partial charge in [0.1, 0.15) is 11.5 Å². The number of benzene rings is 3. The number of rotatable bonds is 9. The maximum Gasteiger partial charge on any atom is 0.308 e. The highest BCUT2D eigenvalue weighted by Crippen LogP contribution is 2.16. The van der Waals surface area contributed by atoms with Gasteiger partial charge in [-0.15, -0.1) is 0 Å². The van der Waals surface area contributed by atoms with E-state index >= 15 is 0 Å². The van der Waals surface area contributed by atoms with Gasteiger partial charge in [0.15, 0.2) is 0 Å². The van der Waals surface area contributed by atoms with Crippen molar-refractivity contribution in [3.05, 3.63) is 90.0 Å². The summed E-state index contributed by atoms with van der Waals surface area (Å²) in [7, 11) is 0. The van der Waals surface area contributed by atoms with E-state index in [2.05, 4.69) is 10.6 Å². The van der Waals surface area contributed by atoms with Gasteiger partial charge in [0.05, 0.1) is 13.0 Å². The monoisotopic (exact) mass is 432 g/mol. The molecule has 32 heavy (non-hydrogen) atoms. The Kier molecular flexibility index (Phi) is 7.97. The zero-order valence-corrected chi connectivity index (χ0v) is 17.7. The average molecular weight is 432 g/mol. The molecule has 0 atom stereocenters. The molecule has 3 rings (SSSR count). The molecule has 3 aromatic rings. The van der Waals surface area contributed by atoms with Crippen molar-refractivity contribution in [2.75, 3.05) is 11.9 Å². The first-order chi connectivity index (χ1) is 15.5. The number of nitrogens with one attached hydrogen (secondary N) is 2. The number of ether oxygens (including phenoxy) is 2. The molecule has 3 aromatic carbocycles. The first-order valence-corrected chi connectivity index (χ1v) is 10.1. The highest BCUT2D eigenvalue weighted by molar-refractivity contribution is 6.04. The summed E-state index contributed by atoms with van der Waals surface area (Å²) in [6.45, 7) is 1.98. The molecule has 164 valence electrons. The second-order valence-electron chi connectivity index (χ2n) is 6.96. The minimum Gasteiger partial charge on any atom is -0.493 e. The van der Waals surface area contributed by atoms with E-state index in [1.165, 1.54) is 13.0 Å². The van der Waals surface area contributed by atoms with Gasteiger partial charge in [-0.1, -0.05) is 36.4 Å². The van der Waals surface area contributed by atoms with Gasteiger partial charge >= 0.3 is 5.97 Å². The van der Waals surface area contributed by atoms with Crippen molar-refractivity contribution >= 4 is 23.5 Å². The molecule has 0 saturated carbocycles. The molecule has 0 unspecified atom stereocenters. The van der Waals surface area contributed by atoms with Crippen molar-refractivity contribution in [2.24, 2.45) is 0 Å². The van der Waals surface area contributed by atoms with Crippen molar-refractivity contribution in [1.82, 2.24) is 5.32 Å². The van der Waals surface area contributed by atoms with Gasteiger partial charge < -0.3 is 20.1 Å². The quantitative estimate of drug-likeness (QED) is 0.394. The van der Waals surface area contributed by atoms with E-state index in [9.17, 15) is 14.4 Å². The Labute approximate surface area is 186 Å². The zero-order valence-electron chi connectivity index (χ0n) is 17.7. The van der Waals surface area contributed by atoms with Crippen LogP contribution < -0.4 is 20.1 Å². The third-order valence-corrected chi connectivity index (χ3v) is 4.40. The lowest BCUT2D eigenvalue weighted by Gasteiger charge is -2.09. The second kappa shape index (κ2) is 11.3. The molecule has 0 saturated heterocycles. The van der Waals surface area contributed by atoms with E-state index in [-0.39, 0.29) is 18.2 Å². The van der Waals surface area contributed by atoms with Gasteiger partial charge in [0, 0.05) is 24.7 Å². The minimum absolute atomic E-state index is 0.106. The van der Waals surface area contributed by atoms with Gasteiger partial charge in [-0.2, -0.15) is 0 Å². The SMILES string of the molecule is CC(=O)Oc1cccc(C(=O)Nc2ccc(CNC(=O)CCOc3ccccc3)cc2)c1. The molecular formula is C25H24N2O5. The fraction of sp³-hybridized carbons (Fsp3) is 0.160. The Morgan fingerprint density at radius 2 is 1.56 bits per heavy atom. The van der Waals surface area contributed by atoms with Crippen LogP contribution in [0.2, 0.25) is 0 Å². The first-order valence-electron chi connectivity index (χ1n) is 10.1. The molecule has 7 nitrogen and oxygen atoms in total. The molecule has 0 spiro atoms. The van der Waals surface area contributed by atoms with E-state index < -0.39 is 5.97 Å². The van der Waals surface area contributed by atoms with Gasteiger partial charge in [-0.25, -0.2) is 0 Å². The molecule has 0 radical (unpaired) electrons. The fourth-order valence-electron chi connectivity index (χ4n) is 2.84. The summed E-state index contributed by atoms with van der Waals surface area (Å²) in [5, 5.41) is 5.64. The molecular weight excluding hydrogens is 408 g/mol. The molecule has 0 bridgehead atoms. The van der Waals surface area contributed by atoms with Crippen LogP contribution in [0.5, 0.6) is 11.5 Å². The van der Waals surface area contributed by atoms with Crippen molar-refractivity contribution < 1.29 is 23.9 Å². The van der Waals surface area contributed by atoms with Crippen LogP contribution in [-0.4, -0.2) is 24.4 Å². The van der Waals surface area contributed by atoms with Crippen molar-refractivity contribution in [1.29, 1.82) is 0 Å². The fourth-order valence-corrected chi connectivity index (χ4v) is 2.84. The highest BCUT2D eigenvalue weighted by Gasteiger charge is 2.09. The number of hydrogen-bond donors (Lipinski definition) is 2. The Hall–Kier alpha value is -4.13. The van der Waals surface area contributed by atoms with Crippen LogP contribution in [0, 0.1) is 0 Å². The number of esters is 1. The summed E-state index contributed by atoms with van der Waals surface area (Å²) < 4.78 is 10.5. The Morgan fingerprint density at radius 3 is 2.28 bits per heavy atom. The van der Waals surface area contributed by atoms with Crippen LogP contribution in [0.25, 0.3) is 0 Å². The number of carbonyl (C=O) groups excluding carboxylic acids is 3. The van der Waals surface area contributed by atoms with Gasteiger partial charge in [0.25, 0.3) is 5.91 Å². The number of hydrogen-bond acceptors (Lipinski definition) is 5. The zero-order chi connectivity index (χ0) is 22.8. The lowest BCUT2D eigenvalue weighted by atomic mass is 10.1. The minimum atomic E-state index is -0.450. The Morgan fingerprint density at radius 1 is 0.844 bits per heavy atom. The van der Waals surface area contributed by atoms with Crippen LogP contribution in [-0.2, 0) is 16.1 Å². The van der Waals surface area contributed by atoms with Crippen LogP contribution in [0.4, 0.5) is 5.69 Å². The number of carbonyl (C=O) groups is 3. The number of amides is 2. The summed E-state index contributed by atoms with van der Waals surface area (Å²) in [5.41, 5.74) is 1.88. The van der Waals surface area contributed by atoms with E-state index in [0.717, 1.165) is 11.3 Å². The first kappa shape index (κ1) is 22.6. The van der Waals surface area contributed by atoms with Gasteiger partial charge in [0.2, 0.25) is 5.91 Å². The Bertz CT molecular complexity index is 1070. The summed E-state index contributed by atoms with van der Waals surface area (Å²) >= 11 is 0. The summed E-state index contributed by atoms with van der Waals surface area (Å²) in [6.07, 6.45) is 0.259. The van der Waals surface area contributed by atoms with E-state index in [1.807, 2.05) is 42.5 Å². The Balaban J connectivity index is 1.44. The lowest BCUT2D eigenvalue weighted by molar-refractivity contribution is -0.131. The molecule has 7 heteroatoms. The summed E-state index contributed by atoms with van der Waals surface area (Å²) in [6, 6.07) is 22.9. The molecule has 2 N–H and O–H groups in total. The molecule has 0 aromatic heterocycles. The average Bonchev–Trinajstić information content (AvgIpc) is 2.79. The van der Waals surface area contributed by atoms with E-state index in [4.69, 9.17) is 9.47 Å². The molecule has 0 aliphatic rings. The van der Waals surface area contributed by atoms with E-state index in [1.54, 1.807) is 30.3 Å². The lowest BCUT2D eigenvalue weighted by Crippen LogP contribution is -2.24. The highest BCUT2D eigenvalue weighted by atomic mass is 16.5. The molecule has 0 aliphatic heterocycles. The van der Waals surface area contributed by atoms with Crippen molar-refractivity contribution in [3.63, 3.8) is 0 Å². The van der Waals surface area contributed by atoms with Crippen LogP contribution in [0.1, 0.15) is 29.3 Å². The predicted octanol–water partition coefficient (Wildman–Crippen LogP) is 3.95. The molecule has 2 amide bonds. The largest absolute Gasteiger partial charge is 0.493 e. The third kappa shape index (κ3) is 7.28. The summed E-state index contributed by atoms with van der Waals surface area (Å²) in [5.74, 6) is 0.167. The topological polar surface area (TPSA) is 93.7 Å². The predicted molar refractivity (Wildman–Crippen MR) is 121 cm³/mol. The normalized spacial score (nSPS) is 10.2. The summed E-state index contributed by atoms with van der Waals surface area (Å²) in [4.78, 5) is 35.5. The smallest absolute Gasteiger partial charge is 0.308 e. The molecule has 0 fully saturated rings. The van der Waals surface area contributed by atoms with Crippen LogP contribution in [0.15, 0.2) is 78.9 Å². The number of anilines is 1. The standard InChI is InChI=1S/C25H24N2O5/c1-18(28)32-23-9-5-6-20(16-23)25(30)27-21-12-10-19(11-13-21)17-26-24(29)14-15-31-22-7-3-2-4-8-22/h2-13,16H,14-15,17H2,1H3,(H,26,29)(H,27,30). The second-order valence-corrected chi connectivity index (χ2v) is 6.96. The maximum absolute atomic E-state index is 12.4. The van der Waals surface area contributed by atoms with Gasteiger partial charge in [-0.05, 0) is 48.0 Å². The number of para-hydroxylation sites is 1. The molecule has 0 aliphatic carbocycles. The van der Waals surface area contributed by atoms with E-state index in [0.29, 0.717) is 30.2 Å². The van der Waals surface area contributed by atoms with Crippen LogP contribution in [0.3, 0.4) is 0 Å². The third-order valence-electron chi connectivity index (χ3n) is 4.40. The van der Waals surface area contributed by atoms with Crippen LogP contribution >= 0.6 is 0 Å². The molecule has 0 heterocycles. The van der Waals surface area contributed by atoms with Gasteiger partial charge in [-0.3, -0.25) is 14.4 Å². The van der Waals surface area contributed by atoms with Crippen molar-refractivity contribution in [3.8, 4) is 11.5 Å². The van der Waals surface area contributed by atoms with Crippen molar-refractivity contribution in [2.45, 2.75) is 19.9 Å².